The summed E-state index contributed by atoms with van der Waals surface area (Å²) in [5, 5.41) is 19.6. The summed E-state index contributed by atoms with van der Waals surface area (Å²) in [6.07, 6.45) is 1.66. The third-order valence-corrected chi connectivity index (χ3v) is 5.99. The maximum atomic E-state index is 12.5. The lowest BCUT2D eigenvalue weighted by Crippen LogP contribution is -2.41. The molecule has 0 spiro atoms. The van der Waals surface area contributed by atoms with Crippen LogP contribution in [0.1, 0.15) is 22.2 Å². The van der Waals surface area contributed by atoms with Gasteiger partial charge in [0.1, 0.15) is 5.58 Å². The molecule has 0 bridgehead atoms. The number of carboxylic acids is 1. The zero-order valence-corrected chi connectivity index (χ0v) is 19.8. The molecule has 1 amide bonds. The van der Waals surface area contributed by atoms with Crippen molar-refractivity contribution in [2.75, 3.05) is 16.9 Å². The second kappa shape index (κ2) is 10.0. The highest BCUT2D eigenvalue weighted by molar-refractivity contribution is 7.80. The van der Waals surface area contributed by atoms with Gasteiger partial charge in [-0.05, 0) is 54.2 Å². The molecule has 4 N–H and O–H groups in total. The minimum atomic E-state index is -0.996. The second-order valence-electron chi connectivity index (χ2n) is 8.17. The summed E-state index contributed by atoms with van der Waals surface area (Å²) < 4.78 is 5.57. The van der Waals surface area contributed by atoms with Crippen LogP contribution in [0.15, 0.2) is 101 Å². The predicted molar refractivity (Wildman–Crippen MR) is 142 cm³/mol. The van der Waals surface area contributed by atoms with Gasteiger partial charge in [0.25, 0.3) is 5.91 Å². The molecule has 8 nitrogen and oxygen atoms in total. The average Bonchev–Trinajstić information content (AvgIpc) is 3.34. The van der Waals surface area contributed by atoms with E-state index in [0.29, 0.717) is 17.9 Å². The third-order valence-electron chi connectivity index (χ3n) is 5.78. The molecule has 1 unspecified atom stereocenters. The largest absolute Gasteiger partial charge is 0.478 e. The number of carbonyl (C=O) groups is 2. The zero-order valence-electron chi connectivity index (χ0n) is 19.0. The van der Waals surface area contributed by atoms with Crippen LogP contribution in [0.25, 0.3) is 11.0 Å². The molecular weight excluding hydrogens is 476 g/mol. The van der Waals surface area contributed by atoms with Gasteiger partial charge in [-0.25, -0.2) is 4.79 Å². The fraction of sp³-hybridized carbons (Fsp3) is 0.0741. The van der Waals surface area contributed by atoms with Gasteiger partial charge in [-0.3, -0.25) is 15.4 Å². The molecule has 0 aliphatic carbocycles. The molecule has 9 heteroatoms. The number of hydrogen-bond donors (Lipinski definition) is 4. The highest BCUT2D eigenvalue weighted by atomic mass is 32.1. The van der Waals surface area contributed by atoms with E-state index in [0.717, 1.165) is 16.6 Å². The maximum absolute atomic E-state index is 12.5. The Labute approximate surface area is 212 Å². The minimum Gasteiger partial charge on any atom is -0.478 e. The van der Waals surface area contributed by atoms with Gasteiger partial charge in [-0.2, -0.15) is 0 Å². The van der Waals surface area contributed by atoms with E-state index < -0.39 is 17.9 Å². The lowest BCUT2D eigenvalue weighted by Gasteiger charge is -2.32. The fourth-order valence-electron chi connectivity index (χ4n) is 4.03. The number of carbonyl (C=O) groups excluding carboxylic acids is 1. The van der Waals surface area contributed by atoms with Crippen LogP contribution in [-0.4, -0.2) is 28.8 Å². The summed E-state index contributed by atoms with van der Waals surface area (Å²) in [6.45, 7) is 0.462. The summed E-state index contributed by atoms with van der Waals surface area (Å²) in [7, 11) is 0. The number of nitrogens with one attached hydrogen (secondary N) is 3. The van der Waals surface area contributed by atoms with Gasteiger partial charge in [-0.15, -0.1) is 0 Å². The van der Waals surface area contributed by atoms with Crippen molar-refractivity contribution < 1.29 is 19.1 Å². The molecule has 0 saturated heterocycles. The van der Waals surface area contributed by atoms with E-state index in [1.54, 1.807) is 30.5 Å². The van der Waals surface area contributed by atoms with Gasteiger partial charge in [0, 0.05) is 23.0 Å². The van der Waals surface area contributed by atoms with E-state index in [9.17, 15) is 14.7 Å². The summed E-state index contributed by atoms with van der Waals surface area (Å²) in [5.74, 6) is -1.28. The lowest BCUT2D eigenvalue weighted by atomic mass is 9.97. The number of amides is 1. The summed E-state index contributed by atoms with van der Waals surface area (Å²) in [6, 6.07) is 25.3. The van der Waals surface area contributed by atoms with Crippen molar-refractivity contribution in [3.63, 3.8) is 0 Å². The number of benzene rings is 3. The Kier molecular flexibility index (Phi) is 6.48. The van der Waals surface area contributed by atoms with Gasteiger partial charge in [0.05, 0.1) is 18.3 Å². The normalized spacial score (nSPS) is 15.3. The van der Waals surface area contributed by atoms with Crippen LogP contribution in [0, 0.1) is 0 Å². The Hall–Kier alpha value is -4.47. The van der Waals surface area contributed by atoms with Crippen molar-refractivity contribution >= 4 is 51.6 Å². The number of para-hydroxylation sites is 2. The number of rotatable bonds is 5. The van der Waals surface area contributed by atoms with Gasteiger partial charge >= 0.3 is 5.97 Å². The van der Waals surface area contributed by atoms with Crippen molar-refractivity contribution in [2.45, 2.75) is 6.04 Å². The Balaban J connectivity index is 1.25. The molecule has 2 heterocycles. The van der Waals surface area contributed by atoms with E-state index in [-0.39, 0.29) is 16.4 Å². The smallest absolute Gasteiger partial charge is 0.335 e. The zero-order chi connectivity index (χ0) is 25.1. The topological polar surface area (TPSA) is 107 Å². The lowest BCUT2D eigenvalue weighted by molar-refractivity contribution is -0.133. The molecule has 4 aromatic rings. The van der Waals surface area contributed by atoms with Crippen LogP contribution >= 0.6 is 12.2 Å². The van der Waals surface area contributed by atoms with Crippen molar-refractivity contribution in [1.29, 1.82) is 0 Å². The number of carboxylic acid groups (broad SMARTS) is 1. The molecule has 3 aromatic carbocycles. The molecule has 5 rings (SSSR count). The number of fused-ring (bicyclic) bond motifs is 1. The van der Waals surface area contributed by atoms with Crippen molar-refractivity contribution in [2.24, 2.45) is 0 Å². The Morgan fingerprint density at radius 3 is 2.44 bits per heavy atom. The summed E-state index contributed by atoms with van der Waals surface area (Å²) in [4.78, 5) is 26.4. The third kappa shape index (κ3) is 4.97. The fourth-order valence-corrected chi connectivity index (χ4v) is 4.24. The van der Waals surface area contributed by atoms with Crippen LogP contribution < -0.4 is 20.9 Å². The summed E-state index contributed by atoms with van der Waals surface area (Å²) >= 11 is 5.27. The SMILES string of the molecule is O=C(O)C1=CN(c2ccccc2)CNC1c1ccc(NC(=S)NC(=O)c2cc3ccccc3o2)cc1. The number of hydrogen-bond acceptors (Lipinski definition) is 6. The molecule has 0 radical (unpaired) electrons. The first-order chi connectivity index (χ1) is 17.5. The molecule has 1 aliphatic heterocycles. The number of nitrogens with zero attached hydrogens (tertiary/aromatic N) is 1. The molecule has 1 aliphatic rings. The Morgan fingerprint density at radius 1 is 1.00 bits per heavy atom. The number of aliphatic carboxylic acids is 1. The first kappa shape index (κ1) is 23.3. The average molecular weight is 499 g/mol. The van der Waals surface area contributed by atoms with Crippen LogP contribution in [0.2, 0.25) is 0 Å². The quantitative estimate of drug-likeness (QED) is 0.295. The van der Waals surface area contributed by atoms with Crippen LogP contribution in [0.3, 0.4) is 0 Å². The highest BCUT2D eigenvalue weighted by Gasteiger charge is 2.27. The Morgan fingerprint density at radius 2 is 1.72 bits per heavy atom. The standard InChI is InChI=1S/C27H22N4O4S/c32-25(23-14-18-6-4-5-9-22(18)35-23)30-27(36)29-19-12-10-17(11-13-19)24-21(26(33)34)15-31(16-28-24)20-7-2-1-3-8-20/h1-15,24,28H,16H2,(H,33,34)(H2,29,30,32,36). The highest BCUT2D eigenvalue weighted by Crippen LogP contribution is 2.29. The van der Waals surface area contributed by atoms with E-state index in [1.807, 2.05) is 65.6 Å². The first-order valence-electron chi connectivity index (χ1n) is 11.2. The first-order valence-corrected chi connectivity index (χ1v) is 11.6. The maximum Gasteiger partial charge on any atom is 0.335 e. The van der Waals surface area contributed by atoms with Gasteiger partial charge < -0.3 is 19.7 Å². The summed E-state index contributed by atoms with van der Waals surface area (Å²) in [5.41, 5.74) is 3.20. The van der Waals surface area contributed by atoms with Crippen molar-refractivity contribution in [3.05, 3.63) is 108 Å². The van der Waals surface area contributed by atoms with Crippen LogP contribution in [0.5, 0.6) is 0 Å². The molecule has 180 valence electrons. The molecule has 1 aromatic heterocycles. The second-order valence-corrected chi connectivity index (χ2v) is 8.58. The van der Waals surface area contributed by atoms with Gasteiger partial charge in [0.2, 0.25) is 0 Å². The molecular formula is C27H22N4O4S. The van der Waals surface area contributed by atoms with E-state index in [2.05, 4.69) is 16.0 Å². The molecule has 0 saturated carbocycles. The van der Waals surface area contributed by atoms with Gasteiger partial charge in [-0.1, -0.05) is 48.5 Å². The van der Waals surface area contributed by atoms with Gasteiger partial charge in [0.15, 0.2) is 10.9 Å². The monoisotopic (exact) mass is 498 g/mol. The molecule has 1 atom stereocenters. The van der Waals surface area contributed by atoms with Crippen molar-refractivity contribution in [3.8, 4) is 0 Å². The van der Waals surface area contributed by atoms with Crippen LogP contribution in [-0.2, 0) is 4.79 Å². The minimum absolute atomic E-state index is 0.119. The number of anilines is 2. The number of thiocarbonyl (C=S) groups is 1. The van der Waals surface area contributed by atoms with E-state index in [4.69, 9.17) is 16.6 Å². The predicted octanol–water partition coefficient (Wildman–Crippen LogP) is 4.64. The number of furan rings is 1. The van der Waals surface area contributed by atoms with E-state index in [1.165, 1.54) is 0 Å². The molecule has 36 heavy (non-hydrogen) atoms. The van der Waals surface area contributed by atoms with E-state index >= 15 is 0 Å². The van der Waals surface area contributed by atoms with Crippen LogP contribution in [0.4, 0.5) is 11.4 Å². The van der Waals surface area contributed by atoms with Crippen molar-refractivity contribution in [1.82, 2.24) is 10.6 Å². The Bertz CT molecular complexity index is 1430. The molecule has 0 fully saturated rings.